The lowest BCUT2D eigenvalue weighted by Gasteiger charge is -2.35. The van der Waals surface area contributed by atoms with E-state index < -0.39 is 24.0 Å². The molecule has 3 aromatic rings. The average molecular weight is 583 g/mol. The van der Waals surface area contributed by atoms with Gasteiger partial charge in [-0.1, -0.05) is 60.7 Å². The predicted molar refractivity (Wildman–Crippen MR) is 158 cm³/mol. The van der Waals surface area contributed by atoms with Gasteiger partial charge >= 0.3 is 5.97 Å². The molecule has 10 heteroatoms. The van der Waals surface area contributed by atoms with E-state index in [0.29, 0.717) is 49.3 Å². The molecule has 5 rings (SSSR count). The summed E-state index contributed by atoms with van der Waals surface area (Å²) >= 11 is 0. The molecule has 0 spiro atoms. The second-order valence-corrected chi connectivity index (χ2v) is 10.8. The van der Waals surface area contributed by atoms with Gasteiger partial charge < -0.3 is 25.1 Å². The summed E-state index contributed by atoms with van der Waals surface area (Å²) in [6.07, 6.45) is 0.514. The maximum Gasteiger partial charge on any atom is 0.326 e. The van der Waals surface area contributed by atoms with Gasteiger partial charge in [-0.2, -0.15) is 0 Å². The molecule has 2 saturated heterocycles. The Bertz CT molecular complexity index is 1490. The van der Waals surface area contributed by atoms with Crippen molar-refractivity contribution in [2.45, 2.75) is 37.9 Å². The Hall–Kier alpha value is -4.99. The zero-order valence-electron chi connectivity index (χ0n) is 23.7. The highest BCUT2D eigenvalue weighted by Crippen LogP contribution is 2.22. The van der Waals surface area contributed by atoms with Gasteiger partial charge in [0.1, 0.15) is 12.1 Å². The van der Waals surface area contributed by atoms with E-state index >= 15 is 0 Å². The maximum atomic E-state index is 13.3. The number of nitrogens with zero attached hydrogens (tertiary/aromatic N) is 3. The molecule has 10 nitrogen and oxygen atoms in total. The summed E-state index contributed by atoms with van der Waals surface area (Å²) in [5.41, 5.74) is 2.49. The summed E-state index contributed by atoms with van der Waals surface area (Å²) < 4.78 is 0. The molecular formula is C33H34N4O6. The van der Waals surface area contributed by atoms with Crippen molar-refractivity contribution in [3.63, 3.8) is 0 Å². The predicted octanol–water partition coefficient (Wildman–Crippen LogP) is 2.59. The third-order valence-corrected chi connectivity index (χ3v) is 7.93. The van der Waals surface area contributed by atoms with Crippen LogP contribution in [0.3, 0.4) is 0 Å². The van der Waals surface area contributed by atoms with E-state index in [2.05, 4.69) is 5.32 Å². The first kappa shape index (κ1) is 29.5. The van der Waals surface area contributed by atoms with Crippen LogP contribution in [0.5, 0.6) is 0 Å². The Morgan fingerprint density at radius 1 is 0.767 bits per heavy atom. The fourth-order valence-electron chi connectivity index (χ4n) is 5.58. The summed E-state index contributed by atoms with van der Waals surface area (Å²) in [6.45, 7) is 1.87. The second-order valence-electron chi connectivity index (χ2n) is 10.8. The van der Waals surface area contributed by atoms with Crippen LogP contribution in [0.25, 0.3) is 0 Å². The fourth-order valence-corrected chi connectivity index (χ4v) is 5.58. The number of amides is 4. The van der Waals surface area contributed by atoms with Crippen LogP contribution in [-0.2, 0) is 27.3 Å². The van der Waals surface area contributed by atoms with Crippen molar-refractivity contribution in [3.05, 3.63) is 107 Å². The van der Waals surface area contributed by atoms with Crippen molar-refractivity contribution in [3.8, 4) is 0 Å². The number of hydrogen-bond donors (Lipinski definition) is 2. The first-order chi connectivity index (χ1) is 20.8. The lowest BCUT2D eigenvalue weighted by Crippen LogP contribution is -2.51. The molecule has 222 valence electrons. The molecule has 2 N–H and O–H groups in total. The van der Waals surface area contributed by atoms with Gasteiger partial charge in [-0.05, 0) is 41.8 Å². The Morgan fingerprint density at radius 2 is 1.33 bits per heavy atom. The standard InChI is InChI=1S/C33H34N4O6/c38-29-15-14-28(37(29)22-23-8-3-1-4-9-23)30(39)34-27(33(42)43)21-24-10-7-13-26(20-24)32(41)36-18-16-35(17-19-36)31(40)25-11-5-2-6-12-25/h1-13,20,27-28H,14-19,21-22H2,(H,34,39)(H,42,43)/t27-,28-/m0/s1. The number of rotatable bonds is 9. The van der Waals surface area contributed by atoms with Crippen LogP contribution >= 0.6 is 0 Å². The van der Waals surface area contributed by atoms with E-state index in [0.717, 1.165) is 5.56 Å². The summed E-state index contributed by atoms with van der Waals surface area (Å²) in [5.74, 6) is -2.13. The van der Waals surface area contributed by atoms with E-state index in [4.69, 9.17) is 0 Å². The van der Waals surface area contributed by atoms with E-state index in [9.17, 15) is 29.1 Å². The number of likely N-dealkylation sites (tertiary alicyclic amines) is 1. The first-order valence-corrected chi connectivity index (χ1v) is 14.4. The van der Waals surface area contributed by atoms with Crippen LogP contribution in [0.4, 0.5) is 0 Å². The van der Waals surface area contributed by atoms with Crippen molar-refractivity contribution in [2.75, 3.05) is 26.2 Å². The molecule has 0 unspecified atom stereocenters. The topological polar surface area (TPSA) is 127 Å². The maximum absolute atomic E-state index is 13.3. The number of nitrogens with one attached hydrogen (secondary N) is 1. The molecule has 0 saturated carbocycles. The number of carbonyl (C=O) groups is 5. The Balaban J connectivity index is 1.19. The van der Waals surface area contributed by atoms with Crippen LogP contribution in [0.15, 0.2) is 84.9 Å². The van der Waals surface area contributed by atoms with Crippen molar-refractivity contribution >= 4 is 29.6 Å². The number of hydrogen-bond acceptors (Lipinski definition) is 5. The van der Waals surface area contributed by atoms with Crippen LogP contribution in [-0.4, -0.2) is 87.7 Å². The molecule has 3 aromatic carbocycles. The number of benzene rings is 3. The third-order valence-electron chi connectivity index (χ3n) is 7.93. The van der Waals surface area contributed by atoms with Gasteiger partial charge in [0, 0.05) is 56.7 Å². The van der Waals surface area contributed by atoms with Gasteiger partial charge in [0.2, 0.25) is 11.8 Å². The summed E-state index contributed by atoms with van der Waals surface area (Å²) in [5, 5.41) is 12.5. The minimum Gasteiger partial charge on any atom is -0.480 e. The molecule has 0 aliphatic carbocycles. The van der Waals surface area contributed by atoms with Gasteiger partial charge in [0.25, 0.3) is 11.8 Å². The molecule has 2 aliphatic rings. The fraction of sp³-hybridized carbons (Fsp3) is 0.303. The summed E-state index contributed by atoms with van der Waals surface area (Å²) in [4.78, 5) is 68.8. The average Bonchev–Trinajstić information content (AvgIpc) is 3.40. The minimum absolute atomic E-state index is 0.0269. The molecule has 2 heterocycles. The van der Waals surface area contributed by atoms with Crippen LogP contribution in [0, 0.1) is 0 Å². The normalized spacial score (nSPS) is 17.4. The zero-order chi connectivity index (χ0) is 30.3. The van der Waals surface area contributed by atoms with Crippen LogP contribution < -0.4 is 5.32 Å². The zero-order valence-corrected chi connectivity index (χ0v) is 23.7. The Labute approximate surface area is 249 Å². The van der Waals surface area contributed by atoms with Crippen molar-refractivity contribution in [2.24, 2.45) is 0 Å². The van der Waals surface area contributed by atoms with Gasteiger partial charge in [0.15, 0.2) is 0 Å². The van der Waals surface area contributed by atoms with E-state index in [1.165, 1.54) is 4.90 Å². The van der Waals surface area contributed by atoms with Gasteiger partial charge in [0.05, 0.1) is 0 Å². The molecule has 2 aliphatic heterocycles. The second kappa shape index (κ2) is 13.3. The lowest BCUT2D eigenvalue weighted by molar-refractivity contribution is -0.143. The smallest absolute Gasteiger partial charge is 0.326 e. The molecule has 0 aromatic heterocycles. The van der Waals surface area contributed by atoms with Gasteiger partial charge in [-0.25, -0.2) is 4.79 Å². The molecule has 4 amide bonds. The Morgan fingerprint density at radius 3 is 1.95 bits per heavy atom. The molecule has 0 bridgehead atoms. The molecule has 0 radical (unpaired) electrons. The quantitative estimate of drug-likeness (QED) is 0.399. The number of carboxylic acid groups (broad SMARTS) is 1. The lowest BCUT2D eigenvalue weighted by atomic mass is 10.0. The Kier molecular flexibility index (Phi) is 9.14. The number of aliphatic carboxylic acids is 1. The minimum atomic E-state index is -1.24. The van der Waals surface area contributed by atoms with E-state index in [1.807, 2.05) is 48.5 Å². The first-order valence-electron chi connectivity index (χ1n) is 14.4. The number of piperazine rings is 1. The van der Waals surface area contributed by atoms with E-state index in [1.54, 1.807) is 46.2 Å². The largest absolute Gasteiger partial charge is 0.480 e. The highest BCUT2D eigenvalue weighted by Gasteiger charge is 2.37. The van der Waals surface area contributed by atoms with Crippen molar-refractivity contribution in [1.29, 1.82) is 0 Å². The monoisotopic (exact) mass is 582 g/mol. The number of carboxylic acids is 1. The summed E-state index contributed by atoms with van der Waals surface area (Å²) in [6, 6.07) is 23.1. The van der Waals surface area contributed by atoms with Gasteiger partial charge in [-0.3, -0.25) is 19.2 Å². The van der Waals surface area contributed by atoms with Crippen molar-refractivity contribution < 1.29 is 29.1 Å². The number of carbonyl (C=O) groups excluding carboxylic acids is 4. The van der Waals surface area contributed by atoms with Gasteiger partial charge in [-0.15, -0.1) is 0 Å². The third kappa shape index (κ3) is 7.09. The molecule has 43 heavy (non-hydrogen) atoms. The van der Waals surface area contributed by atoms with Crippen LogP contribution in [0.1, 0.15) is 44.7 Å². The SMILES string of the molecule is O=C(O)[C@H](Cc1cccc(C(=O)N2CCN(C(=O)c3ccccc3)CC2)c1)NC(=O)[C@@H]1CCC(=O)N1Cc1ccccc1. The van der Waals surface area contributed by atoms with Crippen molar-refractivity contribution in [1.82, 2.24) is 20.0 Å². The highest BCUT2D eigenvalue weighted by molar-refractivity contribution is 5.96. The highest BCUT2D eigenvalue weighted by atomic mass is 16.4. The van der Waals surface area contributed by atoms with E-state index in [-0.39, 0.29) is 37.1 Å². The molecule has 2 atom stereocenters. The molecular weight excluding hydrogens is 548 g/mol. The van der Waals surface area contributed by atoms with Crippen LogP contribution in [0.2, 0.25) is 0 Å². The molecule has 2 fully saturated rings. The summed E-state index contributed by atoms with van der Waals surface area (Å²) in [7, 11) is 0.